The summed E-state index contributed by atoms with van der Waals surface area (Å²) in [4.78, 5) is 41.0. The number of anilines is 1. The third-order valence-corrected chi connectivity index (χ3v) is 10.8. The van der Waals surface area contributed by atoms with Gasteiger partial charge in [0.25, 0.3) is 0 Å². The second-order valence-corrected chi connectivity index (χ2v) is 14.8. The molecule has 0 radical (unpaired) electrons. The topological polar surface area (TPSA) is 88.1 Å². The van der Waals surface area contributed by atoms with Gasteiger partial charge in [0.1, 0.15) is 30.2 Å². The molecule has 1 aromatic heterocycles. The molecule has 3 aromatic rings. The summed E-state index contributed by atoms with van der Waals surface area (Å²) in [5.74, 6) is 2.22. The fraction of sp³-hybridized carbons (Fsp3) is 0.500. The van der Waals surface area contributed by atoms with E-state index in [0.717, 1.165) is 35.5 Å². The average Bonchev–Trinajstić information content (AvgIpc) is 3.67. The molecule has 0 unspecified atom stereocenters. The van der Waals surface area contributed by atoms with Crippen molar-refractivity contribution in [2.75, 3.05) is 45.2 Å². The number of alkyl halides is 1. The van der Waals surface area contributed by atoms with E-state index < -0.39 is 17.5 Å². The molecule has 3 heterocycles. The Balaban J connectivity index is 1.39. The van der Waals surface area contributed by atoms with Crippen LogP contribution in [0.25, 0.3) is 10.8 Å². The number of esters is 1. The Morgan fingerprint density at radius 2 is 2.04 bits per heavy atom. The van der Waals surface area contributed by atoms with Crippen LogP contribution < -0.4 is 14.4 Å². The number of halogens is 2. The highest BCUT2D eigenvalue weighted by Gasteiger charge is 2.41. The van der Waals surface area contributed by atoms with E-state index in [-0.39, 0.29) is 47.9 Å². The highest BCUT2D eigenvalue weighted by molar-refractivity contribution is 5.93. The predicted octanol–water partition coefficient (Wildman–Crippen LogP) is 6.01. The molecule has 1 amide bonds. The second-order valence-electron chi connectivity index (χ2n) is 14.8. The van der Waals surface area contributed by atoms with E-state index >= 15 is 4.39 Å². The Morgan fingerprint density at radius 1 is 1.25 bits per heavy atom. The van der Waals surface area contributed by atoms with Gasteiger partial charge in [0, 0.05) is 50.1 Å². The molecule has 9 nitrogen and oxygen atoms in total. The zero-order valence-corrected chi connectivity index (χ0v) is 30.2. The lowest BCUT2D eigenvalue weighted by molar-refractivity contribution is -0.137. The Morgan fingerprint density at radius 3 is 2.73 bits per heavy atom. The maximum atomic E-state index is 15.2. The van der Waals surface area contributed by atoms with Crippen LogP contribution in [0.5, 0.6) is 11.8 Å². The van der Waals surface area contributed by atoms with Gasteiger partial charge in [-0.15, -0.1) is 6.42 Å². The van der Waals surface area contributed by atoms with Crippen molar-refractivity contribution in [3.05, 3.63) is 65.1 Å². The minimum Gasteiger partial charge on any atom is -0.461 e. The van der Waals surface area contributed by atoms with E-state index in [9.17, 15) is 14.0 Å². The number of hydrogen-bond donors (Lipinski definition) is 0. The highest BCUT2D eigenvalue weighted by atomic mass is 19.1. The zero-order chi connectivity index (χ0) is 36.6. The van der Waals surface area contributed by atoms with Gasteiger partial charge in [-0.3, -0.25) is 14.5 Å². The van der Waals surface area contributed by atoms with Crippen LogP contribution >= 0.6 is 0 Å². The van der Waals surface area contributed by atoms with E-state index in [1.54, 1.807) is 32.0 Å². The first-order valence-corrected chi connectivity index (χ1v) is 17.8. The van der Waals surface area contributed by atoms with Gasteiger partial charge in [-0.2, -0.15) is 9.97 Å². The minimum atomic E-state index is -0.939. The Kier molecular flexibility index (Phi) is 10.4. The number of amides is 1. The molecule has 0 saturated carbocycles. The fourth-order valence-electron chi connectivity index (χ4n) is 7.86. The standard InChI is InChI=1S/C40H47F2N5O4/c1-8-30-33(42)15-13-26-17-29(51-38(49)24(3)4)19-32(36(26)30)25-12-14-31-34(18-25)43-39(50-23-40(5)20-27(41)21-46(40)7)44-37(31)45(6)22-28-11-10-16-47(28)35(48)9-2/h1,9,13,15,17,19,24-25,27-28H,2,10-12,14,16,18,20-23H2,3-7H3/t25-,27-,28+,40+/m1/s1. The summed E-state index contributed by atoms with van der Waals surface area (Å²) in [7, 11) is 3.86. The summed E-state index contributed by atoms with van der Waals surface area (Å²) in [5, 5.41) is 1.30. The summed E-state index contributed by atoms with van der Waals surface area (Å²) in [5.41, 5.74) is 2.19. The molecular formula is C40H47F2N5O4. The lowest BCUT2D eigenvalue weighted by Crippen LogP contribution is -2.44. The zero-order valence-electron chi connectivity index (χ0n) is 30.2. The van der Waals surface area contributed by atoms with Gasteiger partial charge in [0.15, 0.2) is 0 Å². The van der Waals surface area contributed by atoms with Crippen molar-refractivity contribution in [2.45, 2.75) is 83.0 Å². The molecule has 4 atom stereocenters. The third-order valence-electron chi connectivity index (χ3n) is 10.8. The number of rotatable bonds is 10. The van der Waals surface area contributed by atoms with Crippen molar-refractivity contribution in [2.24, 2.45) is 5.92 Å². The van der Waals surface area contributed by atoms with E-state index in [1.807, 2.05) is 30.8 Å². The molecule has 2 aliphatic heterocycles. The number of benzene rings is 2. The molecule has 3 aliphatic rings. The summed E-state index contributed by atoms with van der Waals surface area (Å²) in [6.45, 7) is 11.0. The summed E-state index contributed by atoms with van der Waals surface area (Å²) >= 11 is 0. The lowest BCUT2D eigenvalue weighted by atomic mass is 9.79. The average molecular weight is 700 g/mol. The molecule has 11 heteroatoms. The second kappa shape index (κ2) is 14.6. The normalized spacial score (nSPS) is 23.3. The molecule has 51 heavy (non-hydrogen) atoms. The van der Waals surface area contributed by atoms with Gasteiger partial charge in [0.05, 0.1) is 22.7 Å². The number of ether oxygens (including phenoxy) is 2. The monoisotopic (exact) mass is 699 g/mol. The molecule has 270 valence electrons. The number of fused-ring (bicyclic) bond motifs is 2. The lowest BCUT2D eigenvalue weighted by Gasteiger charge is -2.33. The van der Waals surface area contributed by atoms with Crippen LogP contribution in [0.1, 0.15) is 74.8 Å². The van der Waals surface area contributed by atoms with Gasteiger partial charge in [-0.05, 0) is 87.2 Å². The molecule has 1 aliphatic carbocycles. The molecule has 2 saturated heterocycles. The van der Waals surface area contributed by atoms with Gasteiger partial charge < -0.3 is 19.3 Å². The van der Waals surface area contributed by atoms with Crippen molar-refractivity contribution in [3.63, 3.8) is 0 Å². The summed E-state index contributed by atoms with van der Waals surface area (Å²) < 4.78 is 41.6. The number of likely N-dealkylation sites (tertiary alicyclic amines) is 2. The quantitative estimate of drug-likeness (QED) is 0.110. The highest BCUT2D eigenvalue weighted by Crippen LogP contribution is 2.42. The maximum Gasteiger partial charge on any atom is 0.318 e. The van der Waals surface area contributed by atoms with E-state index in [2.05, 4.69) is 17.4 Å². The van der Waals surface area contributed by atoms with Crippen LogP contribution in [0, 0.1) is 24.1 Å². The molecular weight excluding hydrogens is 652 g/mol. The Bertz CT molecular complexity index is 1890. The molecule has 0 bridgehead atoms. The van der Waals surface area contributed by atoms with Crippen molar-refractivity contribution in [1.29, 1.82) is 0 Å². The number of terminal acetylenes is 1. The van der Waals surface area contributed by atoms with Gasteiger partial charge in [-0.1, -0.05) is 32.4 Å². The Labute approximate surface area is 299 Å². The third kappa shape index (κ3) is 7.29. The molecule has 0 N–H and O–H groups in total. The number of carbonyl (C=O) groups excluding carboxylic acids is 2. The van der Waals surface area contributed by atoms with Gasteiger partial charge in [0.2, 0.25) is 5.91 Å². The van der Waals surface area contributed by atoms with Crippen LogP contribution in [-0.4, -0.2) is 89.7 Å². The predicted molar refractivity (Wildman–Crippen MR) is 193 cm³/mol. The van der Waals surface area contributed by atoms with Crippen LogP contribution in [-0.2, 0) is 22.4 Å². The van der Waals surface area contributed by atoms with E-state index in [1.165, 1.54) is 12.1 Å². The number of aromatic nitrogens is 2. The fourth-order valence-corrected chi connectivity index (χ4v) is 7.86. The summed E-state index contributed by atoms with van der Waals surface area (Å²) in [6, 6.07) is 6.72. The van der Waals surface area contributed by atoms with Crippen molar-refractivity contribution < 1.29 is 27.8 Å². The first-order chi connectivity index (χ1) is 24.3. The van der Waals surface area contributed by atoms with Crippen LogP contribution in [0.15, 0.2) is 36.9 Å². The van der Waals surface area contributed by atoms with Crippen molar-refractivity contribution >= 4 is 28.5 Å². The maximum absolute atomic E-state index is 15.2. The molecule has 0 spiro atoms. The molecule has 2 fully saturated rings. The van der Waals surface area contributed by atoms with Crippen LogP contribution in [0.3, 0.4) is 0 Å². The minimum absolute atomic E-state index is 0.000839. The Hall–Kier alpha value is -4.56. The van der Waals surface area contributed by atoms with Crippen LogP contribution in [0.2, 0.25) is 0 Å². The first-order valence-electron chi connectivity index (χ1n) is 17.8. The van der Waals surface area contributed by atoms with Crippen molar-refractivity contribution in [1.82, 2.24) is 19.8 Å². The largest absolute Gasteiger partial charge is 0.461 e. The molecule has 2 aromatic carbocycles. The van der Waals surface area contributed by atoms with Gasteiger partial charge in [-0.25, -0.2) is 8.78 Å². The van der Waals surface area contributed by atoms with Gasteiger partial charge >= 0.3 is 12.0 Å². The van der Waals surface area contributed by atoms with E-state index in [0.29, 0.717) is 61.8 Å². The van der Waals surface area contributed by atoms with Crippen molar-refractivity contribution in [3.8, 4) is 24.1 Å². The number of carbonyl (C=O) groups is 2. The SMILES string of the molecule is C#Cc1c(F)ccc2cc(OC(=O)C(C)C)cc([C@@H]3CCc4c(nc(OC[C@]5(C)C[C@@H](F)CN5C)nc4N(C)C[C@@H]4CCCN4C(=O)C=C)C3)c12. The summed E-state index contributed by atoms with van der Waals surface area (Å²) in [6.07, 6.45) is 10.2. The molecule has 6 rings (SSSR count). The van der Waals surface area contributed by atoms with Crippen LogP contribution in [0.4, 0.5) is 14.6 Å². The number of hydrogen-bond acceptors (Lipinski definition) is 8. The van der Waals surface area contributed by atoms with E-state index in [4.69, 9.17) is 25.9 Å². The smallest absolute Gasteiger partial charge is 0.318 e. The number of nitrogens with zero attached hydrogens (tertiary/aromatic N) is 5. The number of likely N-dealkylation sites (N-methyl/N-ethyl adjacent to an activating group) is 2. The first kappa shape index (κ1) is 36.2.